The van der Waals surface area contributed by atoms with Crippen LogP contribution in [0.4, 0.5) is 4.39 Å². The summed E-state index contributed by atoms with van der Waals surface area (Å²) in [6.45, 7) is -0.524. The van der Waals surface area contributed by atoms with E-state index in [9.17, 15) is 24.3 Å². The van der Waals surface area contributed by atoms with Gasteiger partial charge in [-0.1, -0.05) is 12.1 Å². The van der Waals surface area contributed by atoms with Crippen molar-refractivity contribution in [3.8, 4) is 6.07 Å². The molecule has 0 aliphatic rings. The number of halogens is 1. The number of carbonyl (C=O) groups is 2. The van der Waals surface area contributed by atoms with Crippen LogP contribution in [0.3, 0.4) is 0 Å². The fourth-order valence-electron chi connectivity index (χ4n) is 2.61. The summed E-state index contributed by atoms with van der Waals surface area (Å²) in [6.07, 6.45) is -0.334. The van der Waals surface area contributed by atoms with E-state index in [1.807, 2.05) is 6.07 Å². The highest BCUT2D eigenvalue weighted by Crippen LogP contribution is 2.19. The van der Waals surface area contributed by atoms with Crippen molar-refractivity contribution in [1.29, 1.82) is 5.26 Å². The molecule has 0 spiro atoms. The second kappa shape index (κ2) is 8.80. The summed E-state index contributed by atoms with van der Waals surface area (Å²) >= 11 is 0. The van der Waals surface area contributed by atoms with E-state index in [2.05, 4.69) is 9.97 Å². The largest absolute Gasteiger partial charge is 0.507 e. The molecule has 2 N–H and O–H groups in total. The Morgan fingerprint density at radius 1 is 1.14 bits per heavy atom. The molecular formula is C21H16FN3O4. The first kappa shape index (κ1) is 19.8. The molecule has 0 bridgehead atoms. The van der Waals surface area contributed by atoms with Crippen LogP contribution in [0.5, 0.6) is 0 Å². The summed E-state index contributed by atoms with van der Waals surface area (Å²) < 4.78 is 17.8. The fourth-order valence-corrected chi connectivity index (χ4v) is 2.61. The number of allylic oxidation sites excluding steroid dienone is 1. The van der Waals surface area contributed by atoms with Crippen molar-refractivity contribution in [2.75, 3.05) is 6.61 Å². The van der Waals surface area contributed by atoms with Crippen LogP contribution < -0.4 is 0 Å². The summed E-state index contributed by atoms with van der Waals surface area (Å²) in [6, 6.07) is 14.0. The van der Waals surface area contributed by atoms with E-state index in [-0.39, 0.29) is 30.0 Å². The number of hydrogen-bond acceptors (Lipinski definition) is 6. The number of hydrogen-bond donors (Lipinski definition) is 2. The topological polar surface area (TPSA) is 116 Å². The van der Waals surface area contributed by atoms with Crippen molar-refractivity contribution in [3.63, 3.8) is 0 Å². The van der Waals surface area contributed by atoms with Gasteiger partial charge in [-0.2, -0.15) is 5.26 Å². The molecule has 2 aromatic carbocycles. The summed E-state index contributed by atoms with van der Waals surface area (Å²) in [5.41, 5.74) is 1.47. The molecule has 7 nitrogen and oxygen atoms in total. The molecule has 0 atom stereocenters. The summed E-state index contributed by atoms with van der Waals surface area (Å²) in [5.74, 6) is -1.80. The Hall–Kier alpha value is -3.99. The third kappa shape index (κ3) is 4.84. The second-order valence-corrected chi connectivity index (χ2v) is 6.13. The average Bonchev–Trinajstić information content (AvgIpc) is 3.15. The number of esters is 1. The monoisotopic (exact) mass is 393 g/mol. The number of H-pyrrole nitrogens is 1. The number of Topliss-reactive ketones (excluding diaryl/α,β-unsaturated/α-hetero) is 1. The van der Waals surface area contributed by atoms with E-state index in [0.717, 1.165) is 12.1 Å². The Kier molecular flexibility index (Phi) is 6.00. The third-order valence-electron chi connectivity index (χ3n) is 4.12. The number of rotatable bonds is 7. The number of para-hydroxylation sites is 2. The van der Waals surface area contributed by atoms with E-state index in [0.29, 0.717) is 16.6 Å². The van der Waals surface area contributed by atoms with Crippen LogP contribution in [0.15, 0.2) is 54.3 Å². The van der Waals surface area contributed by atoms with Gasteiger partial charge in [0.25, 0.3) is 0 Å². The zero-order chi connectivity index (χ0) is 20.8. The number of benzene rings is 2. The maximum Gasteiger partial charge on any atom is 0.306 e. The number of nitrogens with one attached hydrogen (secondary N) is 1. The number of aromatic nitrogens is 2. The normalized spacial score (nSPS) is 11.6. The molecule has 8 heteroatoms. The number of ether oxygens (including phenoxy) is 1. The molecule has 1 aromatic heterocycles. The van der Waals surface area contributed by atoms with Gasteiger partial charge in [0, 0.05) is 12.0 Å². The number of nitrogens with zero attached hydrogens (tertiary/aromatic N) is 2. The van der Waals surface area contributed by atoms with Gasteiger partial charge >= 0.3 is 5.97 Å². The molecule has 0 saturated carbocycles. The van der Waals surface area contributed by atoms with Crippen molar-refractivity contribution in [2.45, 2.75) is 12.8 Å². The lowest BCUT2D eigenvalue weighted by atomic mass is 10.1. The predicted octanol–water partition coefficient (Wildman–Crippen LogP) is 3.70. The number of aromatic amines is 1. The Labute approximate surface area is 165 Å². The minimum atomic E-state index is -0.714. The van der Waals surface area contributed by atoms with Gasteiger partial charge in [-0.3, -0.25) is 9.59 Å². The number of carbonyl (C=O) groups excluding carboxylic acids is 2. The molecule has 0 radical (unpaired) electrons. The predicted molar refractivity (Wildman–Crippen MR) is 102 cm³/mol. The van der Waals surface area contributed by atoms with E-state index in [1.54, 1.807) is 24.3 Å². The average molecular weight is 393 g/mol. The number of imidazole rings is 1. The molecule has 3 rings (SSSR count). The SMILES string of the molecule is N#CC(=C(O)COC(=O)CCC(=O)c1ccc(F)cc1)c1nc2ccccc2[nH]1. The number of nitriles is 1. The lowest BCUT2D eigenvalue weighted by molar-refractivity contribution is -0.143. The molecule has 0 amide bonds. The lowest BCUT2D eigenvalue weighted by Gasteiger charge is -2.05. The van der Waals surface area contributed by atoms with Crippen LogP contribution >= 0.6 is 0 Å². The van der Waals surface area contributed by atoms with Gasteiger partial charge < -0.3 is 14.8 Å². The van der Waals surface area contributed by atoms with E-state index in [1.165, 1.54) is 12.1 Å². The highest BCUT2D eigenvalue weighted by molar-refractivity contribution is 5.97. The Morgan fingerprint density at radius 2 is 1.86 bits per heavy atom. The zero-order valence-electron chi connectivity index (χ0n) is 15.2. The van der Waals surface area contributed by atoms with E-state index < -0.39 is 24.2 Å². The summed E-state index contributed by atoms with van der Waals surface area (Å²) in [5, 5.41) is 19.5. The molecule has 0 aliphatic heterocycles. The number of aliphatic hydroxyl groups is 1. The molecule has 0 unspecified atom stereocenters. The third-order valence-corrected chi connectivity index (χ3v) is 4.12. The Morgan fingerprint density at radius 3 is 2.55 bits per heavy atom. The quantitative estimate of drug-likeness (QED) is 0.274. The van der Waals surface area contributed by atoms with Gasteiger partial charge in [-0.05, 0) is 36.4 Å². The van der Waals surface area contributed by atoms with Gasteiger partial charge in [0.05, 0.1) is 17.5 Å². The summed E-state index contributed by atoms with van der Waals surface area (Å²) in [7, 11) is 0. The zero-order valence-corrected chi connectivity index (χ0v) is 15.2. The maximum absolute atomic E-state index is 12.9. The number of ketones is 1. The Balaban J connectivity index is 1.58. The molecule has 0 aliphatic carbocycles. The van der Waals surface area contributed by atoms with E-state index in [4.69, 9.17) is 4.74 Å². The highest BCUT2D eigenvalue weighted by Gasteiger charge is 2.16. The molecule has 1 heterocycles. The van der Waals surface area contributed by atoms with Crippen LogP contribution in [0.25, 0.3) is 16.6 Å². The van der Waals surface area contributed by atoms with Crippen LogP contribution in [-0.4, -0.2) is 33.4 Å². The van der Waals surface area contributed by atoms with Crippen LogP contribution in [-0.2, 0) is 9.53 Å². The number of aliphatic hydroxyl groups excluding tert-OH is 1. The van der Waals surface area contributed by atoms with Crippen LogP contribution in [0.1, 0.15) is 29.0 Å². The maximum atomic E-state index is 12.9. The minimum Gasteiger partial charge on any atom is -0.507 e. The van der Waals surface area contributed by atoms with E-state index >= 15 is 0 Å². The standard InChI is InChI=1S/C21H16FN3O4/c22-14-7-5-13(6-8-14)18(26)9-10-20(28)29-12-19(27)15(11-23)21-24-16-3-1-2-4-17(16)25-21/h1-8,27H,9-10,12H2,(H,24,25). The van der Waals surface area contributed by atoms with Gasteiger partial charge in [-0.15, -0.1) is 0 Å². The molecule has 29 heavy (non-hydrogen) atoms. The highest BCUT2D eigenvalue weighted by atomic mass is 19.1. The fraction of sp³-hybridized carbons (Fsp3) is 0.143. The Bertz CT molecular complexity index is 1090. The van der Waals surface area contributed by atoms with Crippen molar-refractivity contribution >= 4 is 28.4 Å². The van der Waals surface area contributed by atoms with Crippen molar-refractivity contribution in [2.24, 2.45) is 0 Å². The first-order valence-electron chi connectivity index (χ1n) is 8.69. The molecule has 3 aromatic rings. The van der Waals surface area contributed by atoms with Crippen molar-refractivity contribution in [3.05, 3.63) is 71.5 Å². The molecular weight excluding hydrogens is 377 g/mol. The lowest BCUT2D eigenvalue weighted by Crippen LogP contribution is -2.11. The smallest absolute Gasteiger partial charge is 0.306 e. The number of fused-ring (bicyclic) bond motifs is 1. The van der Waals surface area contributed by atoms with Crippen LogP contribution in [0.2, 0.25) is 0 Å². The van der Waals surface area contributed by atoms with Gasteiger partial charge in [-0.25, -0.2) is 9.37 Å². The van der Waals surface area contributed by atoms with Crippen molar-refractivity contribution in [1.82, 2.24) is 9.97 Å². The molecule has 146 valence electrons. The van der Waals surface area contributed by atoms with Gasteiger partial charge in [0.15, 0.2) is 17.4 Å². The first-order valence-corrected chi connectivity index (χ1v) is 8.69. The molecule has 0 saturated heterocycles. The minimum absolute atomic E-state index is 0.121. The van der Waals surface area contributed by atoms with Gasteiger partial charge in [0.1, 0.15) is 24.1 Å². The van der Waals surface area contributed by atoms with Gasteiger partial charge in [0.2, 0.25) is 0 Å². The van der Waals surface area contributed by atoms with Crippen molar-refractivity contribution < 1.29 is 23.8 Å². The van der Waals surface area contributed by atoms with Crippen LogP contribution in [0, 0.1) is 17.1 Å². The summed E-state index contributed by atoms with van der Waals surface area (Å²) in [4.78, 5) is 31.0. The first-order chi connectivity index (χ1) is 14.0. The second-order valence-electron chi connectivity index (χ2n) is 6.13. The molecule has 0 fully saturated rings.